The second kappa shape index (κ2) is 7.12. The van der Waals surface area contributed by atoms with Crippen LogP contribution in [-0.4, -0.2) is 13.1 Å². The molecule has 2 aromatic carbocycles. The quantitative estimate of drug-likeness (QED) is 0.411. The van der Waals surface area contributed by atoms with Gasteiger partial charge in [0.1, 0.15) is 11.5 Å². The number of aryl methyl sites for hydroxylation is 1. The maximum absolute atomic E-state index is 11.5. The van der Waals surface area contributed by atoms with Gasteiger partial charge in [0.15, 0.2) is 0 Å². The van der Waals surface area contributed by atoms with Crippen molar-refractivity contribution in [1.82, 2.24) is 0 Å². The van der Waals surface area contributed by atoms with Crippen LogP contribution in [0.4, 0.5) is 0 Å². The molecular formula is C28H34O3. The second-order valence-corrected chi connectivity index (χ2v) is 10.7. The molecule has 0 aromatic heterocycles. The number of benzene rings is 2. The first-order valence-electron chi connectivity index (χ1n) is 11.8. The lowest BCUT2D eigenvalue weighted by Gasteiger charge is -2.67. The Morgan fingerprint density at radius 3 is 2.19 bits per heavy atom. The van der Waals surface area contributed by atoms with Gasteiger partial charge in [0.2, 0.25) is 0 Å². The minimum Gasteiger partial charge on any atom is -0.497 e. The Morgan fingerprint density at radius 1 is 0.968 bits per heavy atom. The fourth-order valence-electron chi connectivity index (χ4n) is 7.87. The zero-order valence-electron chi connectivity index (χ0n) is 19.3. The smallest absolute Gasteiger partial charge is 0.308 e. The van der Waals surface area contributed by atoms with Gasteiger partial charge in [-0.2, -0.15) is 0 Å². The molecule has 4 fully saturated rings. The van der Waals surface area contributed by atoms with Crippen LogP contribution in [0.5, 0.6) is 11.5 Å². The molecule has 3 heteroatoms. The summed E-state index contributed by atoms with van der Waals surface area (Å²) < 4.78 is 10.9. The summed E-state index contributed by atoms with van der Waals surface area (Å²) >= 11 is 0. The van der Waals surface area contributed by atoms with E-state index in [1.165, 1.54) is 63.0 Å². The number of rotatable bonds is 5. The minimum atomic E-state index is -0.256. The summed E-state index contributed by atoms with van der Waals surface area (Å²) in [4.78, 5) is 11.5. The lowest BCUT2D eigenvalue weighted by Crippen LogP contribution is -2.60. The number of carbonyl (C=O) groups is 1. The highest BCUT2D eigenvalue weighted by Gasteiger charge is 2.63. The van der Waals surface area contributed by atoms with Gasteiger partial charge in [-0.25, -0.2) is 0 Å². The molecule has 4 bridgehead atoms. The molecule has 0 spiro atoms. The molecule has 0 radical (unpaired) electrons. The van der Waals surface area contributed by atoms with E-state index in [1.54, 1.807) is 7.11 Å². The van der Waals surface area contributed by atoms with Crippen LogP contribution in [0.1, 0.15) is 75.5 Å². The van der Waals surface area contributed by atoms with E-state index >= 15 is 0 Å². The summed E-state index contributed by atoms with van der Waals surface area (Å²) in [5.41, 5.74) is 4.90. The first kappa shape index (κ1) is 20.6. The first-order valence-corrected chi connectivity index (χ1v) is 11.8. The highest BCUT2D eigenvalue weighted by molar-refractivity contribution is 5.69. The second-order valence-electron chi connectivity index (χ2n) is 10.7. The van der Waals surface area contributed by atoms with Crippen molar-refractivity contribution in [3.8, 4) is 11.5 Å². The van der Waals surface area contributed by atoms with E-state index in [0.29, 0.717) is 11.2 Å². The van der Waals surface area contributed by atoms with Crippen molar-refractivity contribution in [2.45, 2.75) is 76.5 Å². The molecule has 0 N–H and O–H groups in total. The van der Waals surface area contributed by atoms with Crippen molar-refractivity contribution in [1.29, 1.82) is 0 Å². The zero-order valence-corrected chi connectivity index (χ0v) is 19.3. The minimum absolute atomic E-state index is 0.217. The molecule has 6 rings (SSSR count). The van der Waals surface area contributed by atoms with Crippen LogP contribution in [0.25, 0.3) is 0 Å². The van der Waals surface area contributed by atoms with Crippen LogP contribution in [-0.2, 0) is 15.6 Å². The van der Waals surface area contributed by atoms with Gasteiger partial charge in [-0.1, -0.05) is 37.6 Å². The van der Waals surface area contributed by atoms with Gasteiger partial charge < -0.3 is 9.47 Å². The summed E-state index contributed by atoms with van der Waals surface area (Å²) in [6.45, 7) is 5.94. The van der Waals surface area contributed by atoms with Crippen molar-refractivity contribution in [3.05, 3.63) is 59.2 Å². The molecule has 31 heavy (non-hydrogen) atoms. The standard InChI is InChI=1S/C28H34O3/c1-5-26-13-21-14-27(16-26,22-6-9-24(30-4)10-7-22)18-28(15-21,17-26)23-8-11-25(19(2)12-23)31-20(3)29/h6-12,21H,5,13-18H2,1-4H3. The van der Waals surface area contributed by atoms with Crippen molar-refractivity contribution in [3.63, 3.8) is 0 Å². The number of carbonyl (C=O) groups excluding carboxylic acids is 1. The average Bonchev–Trinajstić information content (AvgIpc) is 2.74. The third-order valence-corrected chi connectivity index (χ3v) is 8.68. The molecule has 2 aromatic rings. The normalized spacial score (nSPS) is 33.4. The van der Waals surface area contributed by atoms with Gasteiger partial charge in [-0.05, 0) is 103 Å². The molecule has 4 saturated carbocycles. The van der Waals surface area contributed by atoms with Crippen LogP contribution in [0, 0.1) is 18.3 Å². The van der Waals surface area contributed by atoms with E-state index in [2.05, 4.69) is 50.2 Å². The highest BCUT2D eigenvalue weighted by atomic mass is 16.5. The zero-order chi connectivity index (χ0) is 21.9. The van der Waals surface area contributed by atoms with Crippen LogP contribution in [0.2, 0.25) is 0 Å². The number of ether oxygens (including phenoxy) is 2. The van der Waals surface area contributed by atoms with Crippen molar-refractivity contribution < 1.29 is 14.3 Å². The molecule has 4 unspecified atom stereocenters. The van der Waals surface area contributed by atoms with Crippen molar-refractivity contribution in [2.75, 3.05) is 7.11 Å². The third-order valence-electron chi connectivity index (χ3n) is 8.68. The molecule has 4 aliphatic rings. The summed E-state index contributed by atoms with van der Waals surface area (Å²) in [5, 5.41) is 0. The van der Waals surface area contributed by atoms with Gasteiger partial charge in [-0.3, -0.25) is 4.79 Å². The molecule has 4 aliphatic carbocycles. The van der Waals surface area contributed by atoms with Crippen molar-refractivity contribution in [2.24, 2.45) is 11.3 Å². The number of hydrogen-bond donors (Lipinski definition) is 0. The summed E-state index contributed by atoms with van der Waals surface area (Å²) in [7, 11) is 1.74. The molecule has 0 heterocycles. The van der Waals surface area contributed by atoms with Crippen molar-refractivity contribution >= 4 is 5.97 Å². The Hall–Kier alpha value is -2.29. The van der Waals surface area contributed by atoms with Gasteiger partial charge in [0, 0.05) is 6.92 Å². The molecule has 3 nitrogen and oxygen atoms in total. The van der Waals surface area contributed by atoms with Crippen LogP contribution in [0.15, 0.2) is 42.5 Å². The molecule has 4 atom stereocenters. The lowest BCUT2D eigenvalue weighted by molar-refractivity contribution is -0.131. The van der Waals surface area contributed by atoms with Crippen LogP contribution >= 0.6 is 0 Å². The van der Waals surface area contributed by atoms with E-state index in [-0.39, 0.29) is 16.8 Å². The van der Waals surface area contributed by atoms with E-state index in [9.17, 15) is 4.79 Å². The summed E-state index contributed by atoms with van der Waals surface area (Å²) in [6.07, 6.45) is 9.06. The Kier molecular flexibility index (Phi) is 4.73. The Morgan fingerprint density at radius 2 is 1.61 bits per heavy atom. The Labute approximate surface area is 186 Å². The fraction of sp³-hybridized carbons (Fsp3) is 0.536. The number of hydrogen-bond acceptors (Lipinski definition) is 3. The van der Waals surface area contributed by atoms with E-state index < -0.39 is 0 Å². The molecule has 164 valence electrons. The lowest BCUT2D eigenvalue weighted by atomic mass is 9.37. The van der Waals surface area contributed by atoms with E-state index in [4.69, 9.17) is 9.47 Å². The number of methoxy groups -OCH3 is 1. The number of esters is 1. The van der Waals surface area contributed by atoms with E-state index in [0.717, 1.165) is 17.2 Å². The average molecular weight is 419 g/mol. The van der Waals surface area contributed by atoms with Crippen LogP contribution in [0.3, 0.4) is 0 Å². The largest absolute Gasteiger partial charge is 0.497 e. The van der Waals surface area contributed by atoms with Gasteiger partial charge >= 0.3 is 5.97 Å². The topological polar surface area (TPSA) is 35.5 Å². The summed E-state index contributed by atoms with van der Waals surface area (Å²) in [6, 6.07) is 15.5. The predicted molar refractivity (Wildman–Crippen MR) is 123 cm³/mol. The van der Waals surface area contributed by atoms with Crippen LogP contribution < -0.4 is 9.47 Å². The fourth-order valence-corrected chi connectivity index (χ4v) is 7.87. The van der Waals surface area contributed by atoms with Gasteiger partial charge in [0.05, 0.1) is 7.11 Å². The highest BCUT2D eigenvalue weighted by Crippen LogP contribution is 2.71. The predicted octanol–water partition coefficient (Wildman–Crippen LogP) is 6.50. The maximum Gasteiger partial charge on any atom is 0.308 e. The third kappa shape index (κ3) is 3.28. The molecule has 0 aliphatic heterocycles. The molecule has 0 amide bonds. The van der Waals surface area contributed by atoms with E-state index in [1.807, 2.05) is 6.07 Å². The van der Waals surface area contributed by atoms with Gasteiger partial charge in [0.25, 0.3) is 0 Å². The maximum atomic E-state index is 11.5. The molecular weight excluding hydrogens is 384 g/mol. The monoisotopic (exact) mass is 418 g/mol. The SMILES string of the molecule is CCC12CC3CC(c4ccc(OC)cc4)(C1)CC(c1ccc(OC(C)=O)c(C)c1)(C3)C2. The first-order chi connectivity index (χ1) is 14.8. The Balaban J connectivity index is 1.58. The van der Waals surface area contributed by atoms with Gasteiger partial charge in [-0.15, -0.1) is 0 Å². The summed E-state index contributed by atoms with van der Waals surface area (Å²) in [5.74, 6) is 2.15. The molecule has 0 saturated heterocycles. The Bertz CT molecular complexity index is 1010.